The molecule has 9 heteroatoms. The van der Waals surface area contributed by atoms with Crippen LogP contribution in [0, 0.1) is 5.92 Å². The summed E-state index contributed by atoms with van der Waals surface area (Å²) in [5.74, 6) is 0.465. The van der Waals surface area contributed by atoms with Gasteiger partial charge in [-0.05, 0) is 58.6 Å². The maximum Gasteiger partial charge on any atom is 0.270 e. The van der Waals surface area contributed by atoms with Crippen molar-refractivity contribution in [3.8, 4) is 11.5 Å². The Morgan fingerprint density at radius 3 is 2.53 bits per heavy atom. The van der Waals surface area contributed by atoms with Gasteiger partial charge in [0.15, 0.2) is 11.5 Å². The van der Waals surface area contributed by atoms with Crippen LogP contribution in [0.15, 0.2) is 75.6 Å². The second-order valence-corrected chi connectivity index (χ2v) is 10.3. The molecule has 2 aliphatic heterocycles. The van der Waals surface area contributed by atoms with Gasteiger partial charge in [0, 0.05) is 47.3 Å². The molecule has 8 nitrogen and oxygen atoms in total. The van der Waals surface area contributed by atoms with Gasteiger partial charge in [-0.25, -0.2) is 0 Å². The largest absolute Gasteiger partial charge is 0.493 e. The highest BCUT2D eigenvalue weighted by molar-refractivity contribution is 9.10. The Labute approximate surface area is 229 Å². The predicted molar refractivity (Wildman–Crippen MR) is 147 cm³/mol. The number of likely N-dealkylation sites (tertiary alicyclic amines) is 1. The van der Waals surface area contributed by atoms with E-state index in [0.29, 0.717) is 46.7 Å². The van der Waals surface area contributed by atoms with Gasteiger partial charge in [-0.3, -0.25) is 14.4 Å². The number of piperidine rings is 1. The van der Waals surface area contributed by atoms with Gasteiger partial charge in [0.1, 0.15) is 5.70 Å². The number of pyridine rings is 1. The SMILES string of the molecule is COc1cccc(C=C(NC(=O)c2ccccc2Br)C(=O)N2CC3CC(C2)c2cccc(=O)n2C3)c1OC. The Bertz CT molecular complexity index is 1480. The molecule has 0 spiro atoms. The van der Waals surface area contributed by atoms with Crippen molar-refractivity contribution in [3.63, 3.8) is 0 Å². The second-order valence-electron chi connectivity index (χ2n) is 9.48. The lowest BCUT2D eigenvalue weighted by Crippen LogP contribution is -2.50. The number of methoxy groups -OCH3 is 2. The standard InChI is InChI=1S/C29H28BrN3O5/c1-37-25-11-5-7-19(27(25)38-2)14-23(31-28(35)21-8-3-4-9-22(21)30)29(36)32-15-18-13-20(17-32)24-10-6-12-26(34)33(24)16-18/h3-12,14,18,20H,13,15-17H2,1-2H3,(H,31,35). The van der Waals surface area contributed by atoms with E-state index in [9.17, 15) is 14.4 Å². The number of halogens is 1. The molecule has 0 saturated carbocycles. The van der Waals surface area contributed by atoms with E-state index in [4.69, 9.17) is 9.47 Å². The van der Waals surface area contributed by atoms with Crippen molar-refractivity contribution < 1.29 is 19.1 Å². The van der Waals surface area contributed by atoms with Crippen molar-refractivity contribution in [1.29, 1.82) is 0 Å². The van der Waals surface area contributed by atoms with Gasteiger partial charge in [0.2, 0.25) is 0 Å². The van der Waals surface area contributed by atoms with Gasteiger partial charge >= 0.3 is 0 Å². The van der Waals surface area contributed by atoms with Crippen LogP contribution in [0.2, 0.25) is 0 Å². The first-order valence-corrected chi connectivity index (χ1v) is 13.2. The minimum atomic E-state index is -0.409. The number of aromatic nitrogens is 1. The fourth-order valence-corrected chi connectivity index (χ4v) is 5.86. The van der Waals surface area contributed by atoms with Gasteiger partial charge < -0.3 is 24.3 Å². The van der Waals surface area contributed by atoms with Crippen LogP contribution in [0.3, 0.4) is 0 Å². The Hall–Kier alpha value is -3.85. The molecule has 38 heavy (non-hydrogen) atoms. The van der Waals surface area contributed by atoms with Crippen LogP contribution in [-0.4, -0.2) is 48.6 Å². The molecule has 196 valence electrons. The van der Waals surface area contributed by atoms with Crippen LogP contribution in [-0.2, 0) is 11.3 Å². The number of ether oxygens (including phenoxy) is 2. The fraction of sp³-hybridized carbons (Fsp3) is 0.276. The van der Waals surface area contributed by atoms with Gasteiger partial charge in [-0.2, -0.15) is 0 Å². The van der Waals surface area contributed by atoms with E-state index in [2.05, 4.69) is 21.2 Å². The Balaban J connectivity index is 1.51. The summed E-state index contributed by atoms with van der Waals surface area (Å²) >= 11 is 3.42. The molecule has 3 aromatic rings. The number of carbonyl (C=O) groups is 2. The third-order valence-corrected chi connectivity index (χ3v) is 7.79. The van der Waals surface area contributed by atoms with Crippen molar-refractivity contribution in [2.45, 2.75) is 18.9 Å². The van der Waals surface area contributed by atoms with E-state index in [-0.39, 0.29) is 29.0 Å². The molecule has 0 radical (unpaired) electrons. The van der Waals surface area contributed by atoms with Gasteiger partial charge in [-0.15, -0.1) is 0 Å². The summed E-state index contributed by atoms with van der Waals surface area (Å²) in [4.78, 5) is 41.5. The Morgan fingerprint density at radius 2 is 1.76 bits per heavy atom. The summed E-state index contributed by atoms with van der Waals surface area (Å²) < 4.78 is 13.4. The minimum Gasteiger partial charge on any atom is -0.493 e. The molecule has 1 aromatic heterocycles. The van der Waals surface area contributed by atoms with Crippen LogP contribution in [0.4, 0.5) is 0 Å². The van der Waals surface area contributed by atoms with E-state index in [1.165, 1.54) is 7.11 Å². The van der Waals surface area contributed by atoms with Crippen molar-refractivity contribution >= 4 is 33.8 Å². The normalized spacial score (nSPS) is 18.4. The lowest BCUT2D eigenvalue weighted by molar-refractivity contribution is -0.130. The van der Waals surface area contributed by atoms with E-state index >= 15 is 0 Å². The third-order valence-electron chi connectivity index (χ3n) is 7.10. The maximum atomic E-state index is 14.0. The number of nitrogens with zero attached hydrogens (tertiary/aromatic N) is 2. The Morgan fingerprint density at radius 1 is 0.974 bits per heavy atom. The average molecular weight is 578 g/mol. The summed E-state index contributed by atoms with van der Waals surface area (Å²) in [6.07, 6.45) is 2.54. The molecule has 1 fully saturated rings. The van der Waals surface area contributed by atoms with Crippen molar-refractivity contribution in [3.05, 3.63) is 98.0 Å². The summed E-state index contributed by atoms with van der Waals surface area (Å²) in [6.45, 7) is 1.52. The molecule has 2 aliphatic rings. The number of rotatable bonds is 6. The summed E-state index contributed by atoms with van der Waals surface area (Å²) in [5, 5.41) is 2.85. The van der Waals surface area contributed by atoms with Crippen LogP contribution in [0.1, 0.15) is 34.0 Å². The minimum absolute atomic E-state index is 0.0108. The topological polar surface area (TPSA) is 89.9 Å². The van der Waals surface area contributed by atoms with Crippen LogP contribution in [0.25, 0.3) is 6.08 Å². The summed E-state index contributed by atoms with van der Waals surface area (Å²) in [7, 11) is 3.07. The van der Waals surface area contributed by atoms with Gasteiger partial charge in [0.05, 0.1) is 19.8 Å². The number of fused-ring (bicyclic) bond motifs is 4. The molecule has 2 aromatic carbocycles. The second kappa shape index (κ2) is 10.9. The number of benzene rings is 2. The average Bonchev–Trinajstić information content (AvgIpc) is 2.92. The molecular weight excluding hydrogens is 550 g/mol. The molecule has 0 aliphatic carbocycles. The molecule has 1 N–H and O–H groups in total. The molecule has 2 amide bonds. The fourth-order valence-electron chi connectivity index (χ4n) is 5.40. The number of nitrogens with one attached hydrogen (secondary N) is 1. The quantitative estimate of drug-likeness (QED) is 0.446. The number of amides is 2. The number of hydrogen-bond acceptors (Lipinski definition) is 5. The van der Waals surface area contributed by atoms with Crippen LogP contribution >= 0.6 is 15.9 Å². The van der Waals surface area contributed by atoms with E-state index in [1.807, 2.05) is 16.7 Å². The third kappa shape index (κ3) is 4.98. The van der Waals surface area contributed by atoms with Crippen LogP contribution < -0.4 is 20.3 Å². The van der Waals surface area contributed by atoms with Crippen LogP contribution in [0.5, 0.6) is 11.5 Å². The number of carbonyl (C=O) groups excluding carboxylic acids is 2. The highest BCUT2D eigenvalue weighted by Gasteiger charge is 2.37. The molecule has 1 saturated heterocycles. The lowest BCUT2D eigenvalue weighted by atomic mass is 9.83. The first kappa shape index (κ1) is 25.8. The van der Waals surface area contributed by atoms with Gasteiger partial charge in [0.25, 0.3) is 17.4 Å². The first-order chi connectivity index (χ1) is 18.4. The van der Waals surface area contributed by atoms with E-state index in [1.54, 1.807) is 66.6 Å². The smallest absolute Gasteiger partial charge is 0.270 e. The van der Waals surface area contributed by atoms with Crippen molar-refractivity contribution in [1.82, 2.24) is 14.8 Å². The number of para-hydroxylation sites is 1. The zero-order chi connectivity index (χ0) is 26.8. The zero-order valence-corrected chi connectivity index (χ0v) is 22.7. The Kier molecular flexibility index (Phi) is 7.37. The predicted octanol–water partition coefficient (Wildman–Crippen LogP) is 4.04. The summed E-state index contributed by atoms with van der Waals surface area (Å²) in [6, 6.07) is 17.7. The first-order valence-electron chi connectivity index (χ1n) is 12.4. The van der Waals surface area contributed by atoms with Crippen molar-refractivity contribution in [2.24, 2.45) is 5.92 Å². The monoisotopic (exact) mass is 577 g/mol. The van der Waals surface area contributed by atoms with E-state index in [0.717, 1.165) is 12.1 Å². The van der Waals surface area contributed by atoms with E-state index < -0.39 is 5.91 Å². The molecule has 5 rings (SSSR count). The molecular formula is C29H28BrN3O5. The number of hydrogen-bond donors (Lipinski definition) is 1. The molecule has 2 bridgehead atoms. The maximum absolute atomic E-state index is 14.0. The zero-order valence-electron chi connectivity index (χ0n) is 21.1. The highest BCUT2D eigenvalue weighted by atomic mass is 79.9. The molecule has 2 atom stereocenters. The molecule has 2 unspecified atom stereocenters. The highest BCUT2D eigenvalue weighted by Crippen LogP contribution is 2.36. The lowest BCUT2D eigenvalue weighted by Gasteiger charge is -2.43. The van der Waals surface area contributed by atoms with Gasteiger partial charge in [-0.1, -0.05) is 30.3 Å². The van der Waals surface area contributed by atoms with Crippen molar-refractivity contribution in [2.75, 3.05) is 27.3 Å². The molecule has 3 heterocycles. The summed E-state index contributed by atoms with van der Waals surface area (Å²) in [5.41, 5.74) is 2.07.